The van der Waals surface area contributed by atoms with Gasteiger partial charge < -0.3 is 5.43 Å². The van der Waals surface area contributed by atoms with Crippen molar-refractivity contribution in [2.75, 3.05) is 11.7 Å². The molecule has 0 aliphatic carbocycles. The van der Waals surface area contributed by atoms with Gasteiger partial charge in [0, 0.05) is 0 Å². The standard InChI is InChI=1S/C9H14N2.C2H6.CH5NO2S/c1-3-8-4-5-9(11-10)7(2)6-8;1-2;1-5(2,3)4/h4-6,11H,3,10H2,1-2H3;1-2H3;1H3,(H2,2,3,4). The summed E-state index contributed by atoms with van der Waals surface area (Å²) in [7, 11) is -3.17. The lowest BCUT2D eigenvalue weighted by atomic mass is 10.1. The molecule has 1 aromatic rings. The number of hydrogen-bond acceptors (Lipinski definition) is 4. The van der Waals surface area contributed by atoms with Gasteiger partial charge in [0.2, 0.25) is 10.0 Å². The van der Waals surface area contributed by atoms with Gasteiger partial charge in [0.05, 0.1) is 11.9 Å². The normalized spacial score (nSPS) is 9.50. The molecular formula is C12H25N3O2S. The van der Waals surface area contributed by atoms with Gasteiger partial charge in [-0.05, 0) is 30.5 Å². The first-order valence-electron chi connectivity index (χ1n) is 5.81. The molecule has 0 atom stereocenters. The monoisotopic (exact) mass is 275 g/mol. The van der Waals surface area contributed by atoms with E-state index in [-0.39, 0.29) is 0 Å². The van der Waals surface area contributed by atoms with Gasteiger partial charge >= 0.3 is 0 Å². The Morgan fingerprint density at radius 3 is 2.00 bits per heavy atom. The van der Waals surface area contributed by atoms with Crippen LogP contribution in [0.4, 0.5) is 5.69 Å². The topological polar surface area (TPSA) is 98.2 Å². The molecule has 0 aliphatic heterocycles. The first-order valence-corrected chi connectivity index (χ1v) is 7.77. The third-order valence-electron chi connectivity index (χ3n) is 1.85. The van der Waals surface area contributed by atoms with Gasteiger partial charge in [-0.25, -0.2) is 13.6 Å². The van der Waals surface area contributed by atoms with E-state index < -0.39 is 10.0 Å². The minimum atomic E-state index is -3.17. The fourth-order valence-electron chi connectivity index (χ4n) is 1.11. The minimum Gasteiger partial charge on any atom is -0.324 e. The fourth-order valence-corrected chi connectivity index (χ4v) is 1.11. The maximum absolute atomic E-state index is 9.41. The molecular weight excluding hydrogens is 250 g/mol. The Balaban J connectivity index is 0. The minimum absolute atomic E-state index is 0.938. The average molecular weight is 275 g/mol. The number of nitrogen functional groups attached to an aromatic ring is 1. The van der Waals surface area contributed by atoms with E-state index >= 15 is 0 Å². The Labute approximate surface area is 111 Å². The molecule has 0 heterocycles. The first kappa shape index (κ1) is 19.2. The molecule has 0 fully saturated rings. The highest BCUT2D eigenvalue weighted by Crippen LogP contribution is 2.14. The lowest BCUT2D eigenvalue weighted by molar-refractivity contribution is 0.603. The van der Waals surface area contributed by atoms with Crippen molar-refractivity contribution in [3.8, 4) is 0 Å². The molecule has 1 rings (SSSR count). The van der Waals surface area contributed by atoms with Crippen LogP contribution in [0.25, 0.3) is 0 Å². The Hall–Kier alpha value is -1.11. The molecule has 106 valence electrons. The van der Waals surface area contributed by atoms with Crippen molar-refractivity contribution in [1.82, 2.24) is 0 Å². The summed E-state index contributed by atoms with van der Waals surface area (Å²) in [5.41, 5.74) is 6.20. The molecule has 0 aliphatic rings. The number of nitrogens with one attached hydrogen (secondary N) is 1. The number of anilines is 1. The van der Waals surface area contributed by atoms with Crippen LogP contribution in [0.2, 0.25) is 0 Å². The molecule has 1 aromatic carbocycles. The zero-order valence-electron chi connectivity index (χ0n) is 11.8. The van der Waals surface area contributed by atoms with Crippen LogP contribution in [-0.2, 0) is 16.4 Å². The van der Waals surface area contributed by atoms with Crippen LogP contribution in [0, 0.1) is 6.92 Å². The maximum atomic E-state index is 9.41. The predicted molar refractivity (Wildman–Crippen MR) is 78.7 cm³/mol. The van der Waals surface area contributed by atoms with E-state index in [0.29, 0.717) is 0 Å². The van der Waals surface area contributed by atoms with Gasteiger partial charge in [-0.2, -0.15) is 0 Å². The molecule has 0 spiro atoms. The van der Waals surface area contributed by atoms with Gasteiger partial charge in [0.1, 0.15) is 0 Å². The summed E-state index contributed by atoms with van der Waals surface area (Å²) in [6.45, 7) is 8.19. The van der Waals surface area contributed by atoms with Gasteiger partial charge in [0.15, 0.2) is 0 Å². The van der Waals surface area contributed by atoms with Crippen molar-refractivity contribution >= 4 is 15.7 Å². The van der Waals surface area contributed by atoms with Gasteiger partial charge in [-0.1, -0.05) is 32.9 Å². The van der Waals surface area contributed by atoms with Gasteiger partial charge in [-0.15, -0.1) is 0 Å². The van der Waals surface area contributed by atoms with Crippen LogP contribution in [0.5, 0.6) is 0 Å². The number of benzene rings is 1. The van der Waals surface area contributed by atoms with E-state index in [1.54, 1.807) is 0 Å². The van der Waals surface area contributed by atoms with Crippen molar-refractivity contribution in [3.05, 3.63) is 29.3 Å². The number of primary sulfonamides is 1. The summed E-state index contributed by atoms with van der Waals surface area (Å²) < 4.78 is 18.8. The summed E-state index contributed by atoms with van der Waals surface area (Å²) in [6.07, 6.45) is 2.01. The maximum Gasteiger partial charge on any atom is 0.206 e. The summed E-state index contributed by atoms with van der Waals surface area (Å²) in [6, 6.07) is 6.24. The molecule has 0 unspecified atom stereocenters. The van der Waals surface area contributed by atoms with E-state index in [2.05, 4.69) is 29.6 Å². The van der Waals surface area contributed by atoms with E-state index in [9.17, 15) is 8.42 Å². The molecule has 5 nitrogen and oxygen atoms in total. The zero-order chi connectivity index (χ0) is 14.8. The zero-order valence-corrected chi connectivity index (χ0v) is 12.6. The van der Waals surface area contributed by atoms with Crippen molar-refractivity contribution in [1.29, 1.82) is 0 Å². The largest absolute Gasteiger partial charge is 0.324 e. The summed E-state index contributed by atoms with van der Waals surface area (Å²) >= 11 is 0. The Bertz CT molecular complexity index is 423. The van der Waals surface area contributed by atoms with E-state index in [4.69, 9.17) is 5.84 Å². The number of rotatable bonds is 2. The molecule has 0 bridgehead atoms. The van der Waals surface area contributed by atoms with Crippen LogP contribution in [0.3, 0.4) is 0 Å². The third-order valence-corrected chi connectivity index (χ3v) is 1.85. The first-order chi connectivity index (χ1) is 8.27. The molecule has 6 heteroatoms. The quantitative estimate of drug-likeness (QED) is 0.566. The van der Waals surface area contributed by atoms with Gasteiger partial charge in [-0.3, -0.25) is 5.84 Å². The van der Waals surface area contributed by atoms with Crippen molar-refractivity contribution in [3.63, 3.8) is 0 Å². The number of sulfonamides is 1. The number of nitrogens with two attached hydrogens (primary N) is 2. The highest BCUT2D eigenvalue weighted by molar-refractivity contribution is 7.88. The predicted octanol–water partition coefficient (Wildman–Crippen LogP) is 1.77. The second kappa shape index (κ2) is 9.87. The molecule has 0 saturated carbocycles. The number of hydrogen-bond donors (Lipinski definition) is 3. The van der Waals surface area contributed by atoms with Gasteiger partial charge in [0.25, 0.3) is 0 Å². The van der Waals surface area contributed by atoms with Crippen molar-refractivity contribution in [2.24, 2.45) is 11.0 Å². The molecule has 0 radical (unpaired) electrons. The average Bonchev–Trinajstić information content (AvgIpc) is 2.29. The van der Waals surface area contributed by atoms with Crippen molar-refractivity contribution < 1.29 is 8.42 Å². The van der Waals surface area contributed by atoms with Crippen LogP contribution < -0.4 is 16.4 Å². The highest BCUT2D eigenvalue weighted by atomic mass is 32.2. The highest BCUT2D eigenvalue weighted by Gasteiger charge is 1.95. The number of hydrazine groups is 1. The molecule has 18 heavy (non-hydrogen) atoms. The summed E-state index contributed by atoms with van der Waals surface area (Å²) in [4.78, 5) is 0. The summed E-state index contributed by atoms with van der Waals surface area (Å²) in [5, 5.41) is 4.33. The number of aryl methyl sites for hydroxylation is 2. The van der Waals surface area contributed by atoms with E-state index in [1.165, 1.54) is 11.1 Å². The Morgan fingerprint density at radius 1 is 1.28 bits per heavy atom. The molecule has 5 N–H and O–H groups in total. The van der Waals surface area contributed by atoms with Crippen molar-refractivity contribution in [2.45, 2.75) is 34.1 Å². The van der Waals surface area contributed by atoms with E-state index in [1.807, 2.05) is 26.8 Å². The third kappa shape index (κ3) is 11.4. The SMILES string of the molecule is CC.CCc1ccc(NN)c(C)c1.CS(N)(=O)=O. The van der Waals surface area contributed by atoms with Crippen LogP contribution in [-0.4, -0.2) is 14.7 Å². The molecule has 0 amide bonds. The lowest BCUT2D eigenvalue weighted by Gasteiger charge is -2.05. The van der Waals surface area contributed by atoms with E-state index in [0.717, 1.165) is 18.4 Å². The van der Waals surface area contributed by atoms with Crippen LogP contribution in [0.15, 0.2) is 18.2 Å². The smallest absolute Gasteiger partial charge is 0.206 e. The van der Waals surface area contributed by atoms with Crippen LogP contribution in [0.1, 0.15) is 31.9 Å². The summed E-state index contributed by atoms with van der Waals surface area (Å²) in [5.74, 6) is 5.29. The van der Waals surface area contributed by atoms with Crippen LogP contribution >= 0.6 is 0 Å². The fraction of sp³-hybridized carbons (Fsp3) is 0.500. The second-order valence-corrected chi connectivity index (χ2v) is 5.14. The lowest BCUT2D eigenvalue weighted by Crippen LogP contribution is -2.08. The Kier molecular flexibility index (Phi) is 10.6. The Morgan fingerprint density at radius 2 is 1.72 bits per heavy atom. The molecule has 0 aromatic heterocycles. The second-order valence-electron chi connectivity index (χ2n) is 3.48. The molecule has 0 saturated heterocycles.